The zero-order valence-electron chi connectivity index (χ0n) is 60.1. The molecule has 9 aliphatic rings. The molecule has 0 aliphatic carbocycles. The molecular weight excluding hydrogens is 1370 g/mol. The number of rotatable bonds is 13. The lowest BCUT2D eigenvalue weighted by molar-refractivity contribution is -0.108. The Balaban J connectivity index is 0.000000130. The Morgan fingerprint density at radius 1 is 0.490 bits per heavy atom. The zero-order chi connectivity index (χ0) is 72.8. The maximum atomic E-state index is 12.1. The largest absolute Gasteiger partial charge is 0.514 e. The van der Waals surface area contributed by atoms with Crippen molar-refractivity contribution in [2.24, 2.45) is 28.2 Å². The average molecular weight is 1470 g/mol. The number of likely N-dealkylation sites (N-methyl/N-ethyl adjacent to an activating group) is 2. The van der Waals surface area contributed by atoms with E-state index in [0.29, 0.717) is 52.5 Å². The smallest absolute Gasteiger partial charge is 0.398 e. The Morgan fingerprint density at radius 2 is 0.833 bits per heavy atom. The molecule has 4 atom stereocenters. The Labute approximate surface area is 608 Å². The number of halogens is 1. The number of urea groups is 4. The second-order valence-corrected chi connectivity index (χ2v) is 29.1. The van der Waals surface area contributed by atoms with E-state index in [4.69, 9.17) is 19.0 Å². The van der Waals surface area contributed by atoms with E-state index < -0.39 is 0 Å². The molecule has 16 rings (SSSR count). The highest BCUT2D eigenvalue weighted by Crippen LogP contribution is 2.39. The fourth-order valence-corrected chi connectivity index (χ4v) is 15.2. The number of aromatic nitrogens is 8. The van der Waals surface area contributed by atoms with Crippen LogP contribution in [0.25, 0.3) is 16.7 Å². The van der Waals surface area contributed by atoms with Crippen LogP contribution in [0.3, 0.4) is 0 Å². The molecule has 13 heterocycles. The molecule has 24 nitrogen and oxygen atoms in total. The van der Waals surface area contributed by atoms with Crippen LogP contribution < -0.4 is 16.2 Å². The van der Waals surface area contributed by atoms with Crippen molar-refractivity contribution in [2.75, 3.05) is 79.7 Å². The lowest BCUT2D eigenvalue weighted by Gasteiger charge is -2.32. The third-order valence-electron chi connectivity index (χ3n) is 19.0. The number of nitrogens with zero attached hydrogens (tertiary/aromatic N) is 16. The summed E-state index contributed by atoms with van der Waals surface area (Å²) in [5.74, 6) is 2.31. The van der Waals surface area contributed by atoms with Gasteiger partial charge in [0.05, 0.1) is 72.3 Å². The fraction of sp³-hybridized carbons (Fsp3) is 0.360. The molecule has 5 saturated heterocycles. The number of fused-ring (bicyclic) bond motifs is 8. The Hall–Kier alpha value is -9.43. The topological polar surface area (TPSA) is 202 Å². The second kappa shape index (κ2) is 34.0. The molecule has 7 aromatic rings. The van der Waals surface area contributed by atoms with E-state index in [2.05, 4.69) is 147 Å². The summed E-state index contributed by atoms with van der Waals surface area (Å²) < 4.78 is 20.1. The summed E-state index contributed by atoms with van der Waals surface area (Å²) in [6, 6.07) is 41.7. The van der Waals surface area contributed by atoms with Gasteiger partial charge in [-0.2, -0.15) is 30.5 Å². The zero-order valence-corrected chi connectivity index (χ0v) is 62.6. The molecular formula is C75H93BBrN16O8P. The normalized spacial score (nSPS) is 20.7. The summed E-state index contributed by atoms with van der Waals surface area (Å²) in [6.07, 6.45) is 20.8. The first kappa shape index (κ1) is 75.2. The molecule has 102 heavy (non-hydrogen) atoms. The monoisotopic (exact) mass is 1470 g/mol. The van der Waals surface area contributed by atoms with Crippen LogP contribution in [0.15, 0.2) is 212 Å². The minimum atomic E-state index is -0.332. The van der Waals surface area contributed by atoms with Crippen LogP contribution in [0.4, 0.5) is 19.2 Å². The van der Waals surface area contributed by atoms with E-state index in [0.717, 1.165) is 45.8 Å². The van der Waals surface area contributed by atoms with Gasteiger partial charge in [0.15, 0.2) is 0 Å². The quantitative estimate of drug-likeness (QED) is 0.0602. The highest BCUT2D eigenvalue weighted by atomic mass is 79.9. The summed E-state index contributed by atoms with van der Waals surface area (Å²) in [6.45, 7) is 23.8. The third kappa shape index (κ3) is 17.0. The number of carbonyl (C=O) groups is 4. The van der Waals surface area contributed by atoms with Crippen molar-refractivity contribution in [3.63, 3.8) is 0 Å². The van der Waals surface area contributed by atoms with Gasteiger partial charge in [0.1, 0.15) is 12.1 Å². The van der Waals surface area contributed by atoms with Gasteiger partial charge in [-0.3, -0.25) is 28.4 Å². The fourth-order valence-electron chi connectivity index (χ4n) is 12.8. The standard InChI is InChI=1S/C15H15P.C13H16N4O2.2C11H14N4O.C10H17BN2O2.C9H11BrN2O2.C6H6/c1-2-13-16(14-9-5-3-6-10-14)15-11-7-4-8-12-15;1-3-8-19-17-12-9-16(13(17)18)7-5-10(12)11-4-6-14-15(11)2;2*1-13-10-7-15(11(13)16)6-4-8(10)9-3-5-12-14(9)2;1-9(2)10(3,4)15-11(14-9)8-6-7-12-13(8)5;1-2-5-14-12-8-6-11(9(12)13)4-3-7(8)10;1-2-4-6-5-3-1/h2-13H,1H3;3-6,12H,1,7-9H2,2H3;2*3-5,10H,6-7H2,1-2H3;6-7H,1-5H3;2-3,8H,1,4-6H2;1-6H/b13-2+;;;;;;. The average Bonchev–Trinajstić information content (AvgIpc) is 1.67. The third-order valence-corrected chi connectivity index (χ3v) is 22.2. The molecule has 4 unspecified atom stereocenters. The Kier molecular flexibility index (Phi) is 25.1. The van der Waals surface area contributed by atoms with Gasteiger partial charge >= 0.3 is 31.2 Å². The Bertz CT molecular complexity index is 4020. The second-order valence-electron chi connectivity index (χ2n) is 26.1. The Morgan fingerprint density at radius 3 is 1.21 bits per heavy atom. The first-order valence-electron chi connectivity index (χ1n) is 34.0. The first-order valence-corrected chi connectivity index (χ1v) is 36.2. The number of carbonyl (C=O) groups excluding carboxylic acids is 4. The van der Waals surface area contributed by atoms with Gasteiger partial charge in [-0.1, -0.05) is 161 Å². The lowest BCUT2D eigenvalue weighted by atomic mass is 9.85. The molecule has 0 N–H and O–H groups in total. The molecule has 9 aliphatic heterocycles. The summed E-state index contributed by atoms with van der Waals surface area (Å²) in [5.41, 5.74) is 7.11. The van der Waals surface area contributed by atoms with Crippen molar-refractivity contribution in [1.82, 2.24) is 78.6 Å². The molecule has 4 aromatic heterocycles. The van der Waals surface area contributed by atoms with Crippen LogP contribution in [-0.2, 0) is 47.2 Å². The number of hydroxylamine groups is 4. The van der Waals surface area contributed by atoms with Crippen molar-refractivity contribution in [2.45, 2.75) is 70.0 Å². The van der Waals surface area contributed by atoms with Crippen LogP contribution in [0, 0.1) is 0 Å². The van der Waals surface area contributed by atoms with Crippen LogP contribution >= 0.6 is 23.9 Å². The van der Waals surface area contributed by atoms with E-state index >= 15 is 0 Å². The minimum absolute atomic E-state index is 0.0104. The number of allylic oxidation sites excluding steroid dienone is 1. The molecule has 0 radical (unpaired) electrons. The lowest BCUT2D eigenvalue weighted by Crippen LogP contribution is -2.41. The van der Waals surface area contributed by atoms with Crippen LogP contribution in [-0.4, -0.2) is 225 Å². The van der Waals surface area contributed by atoms with Gasteiger partial charge < -0.3 is 38.7 Å². The molecule has 5 fully saturated rings. The summed E-state index contributed by atoms with van der Waals surface area (Å²) in [5, 5.41) is 22.3. The molecule has 8 bridgehead atoms. The maximum Gasteiger partial charge on any atom is 0.514 e. The first-order chi connectivity index (χ1) is 49.1. The number of hydrogen-bond donors (Lipinski definition) is 0. The van der Waals surface area contributed by atoms with E-state index in [-0.39, 0.29) is 74.5 Å². The summed E-state index contributed by atoms with van der Waals surface area (Å²) >= 11 is 3.44. The van der Waals surface area contributed by atoms with Gasteiger partial charge in [0.2, 0.25) is 0 Å². The minimum Gasteiger partial charge on any atom is -0.398 e. The van der Waals surface area contributed by atoms with Crippen LogP contribution in [0.1, 0.15) is 51.7 Å². The van der Waals surface area contributed by atoms with Gasteiger partial charge in [-0.05, 0) is 88.6 Å². The SMILES string of the molecule is C/C=C/P(c1ccccc1)c1ccccc1.C=CCON1C(=O)N2CC=C(Br)C1C2.C=CCON1C(=O)N2CC=C(c3ccnn3C)C1C2.CN1C(=O)N2CC=C(c3ccnn3C)C1C2.CN1C(=O)N2CC=C(c3ccnn3C)C1C2.Cn1nccc1B1OC(C)(C)C(C)(C)O1.c1ccccc1. The van der Waals surface area contributed by atoms with Gasteiger partial charge in [0.25, 0.3) is 0 Å². The highest BCUT2D eigenvalue weighted by Gasteiger charge is 2.53. The van der Waals surface area contributed by atoms with Gasteiger partial charge in [0, 0.05) is 116 Å². The number of hydrogen-bond acceptors (Lipinski definition) is 12. The number of aryl methyl sites for hydroxylation is 4. The molecule has 27 heteroatoms. The van der Waals surface area contributed by atoms with Crippen LogP contribution in [0.2, 0.25) is 0 Å². The molecule has 536 valence electrons. The molecule has 0 spiro atoms. The van der Waals surface area contributed by atoms with Crippen LogP contribution in [0.5, 0.6) is 0 Å². The highest BCUT2D eigenvalue weighted by molar-refractivity contribution is 9.11. The van der Waals surface area contributed by atoms with E-state index in [1.807, 2.05) is 170 Å². The van der Waals surface area contributed by atoms with Crippen molar-refractivity contribution < 1.29 is 38.2 Å². The molecule has 8 amide bonds. The number of benzene rings is 3. The molecule has 3 aromatic carbocycles. The maximum absolute atomic E-state index is 12.1. The molecule has 0 saturated carbocycles. The van der Waals surface area contributed by atoms with Crippen molar-refractivity contribution in [3.8, 4) is 0 Å². The van der Waals surface area contributed by atoms with E-state index in [9.17, 15) is 19.2 Å². The van der Waals surface area contributed by atoms with Crippen molar-refractivity contribution >= 4 is 88.0 Å². The summed E-state index contributed by atoms with van der Waals surface area (Å²) in [7, 11) is 10.7. The van der Waals surface area contributed by atoms with Crippen molar-refractivity contribution in [3.05, 3.63) is 229 Å². The van der Waals surface area contributed by atoms with Crippen molar-refractivity contribution in [1.29, 1.82) is 0 Å². The predicted molar refractivity (Wildman–Crippen MR) is 404 cm³/mol. The summed E-state index contributed by atoms with van der Waals surface area (Å²) in [4.78, 5) is 69.0. The van der Waals surface area contributed by atoms with E-state index in [1.54, 1.807) is 51.4 Å². The predicted octanol–water partition coefficient (Wildman–Crippen LogP) is 9.71. The number of amides is 8. The van der Waals surface area contributed by atoms with Gasteiger partial charge in [-0.25, -0.2) is 19.2 Å². The van der Waals surface area contributed by atoms with Gasteiger partial charge in [-0.15, -0.1) is 13.2 Å². The van der Waals surface area contributed by atoms with E-state index in [1.165, 1.54) is 31.9 Å².